The summed E-state index contributed by atoms with van der Waals surface area (Å²) in [6.45, 7) is 4.87. The molecule has 1 atom stereocenters. The van der Waals surface area contributed by atoms with E-state index in [0.29, 0.717) is 36.9 Å². The third-order valence-electron chi connectivity index (χ3n) is 5.30. The van der Waals surface area contributed by atoms with Crippen molar-refractivity contribution in [2.45, 2.75) is 13.0 Å². The second kappa shape index (κ2) is 10.8. The molecule has 0 saturated carbocycles. The molecule has 1 aliphatic rings. The lowest BCUT2D eigenvalue weighted by Crippen LogP contribution is -2.39. The number of thiazole rings is 1. The van der Waals surface area contributed by atoms with E-state index in [4.69, 9.17) is 26.2 Å². The van der Waals surface area contributed by atoms with Crippen LogP contribution in [-0.2, 0) is 14.3 Å². The van der Waals surface area contributed by atoms with Gasteiger partial charge in [-0.15, -0.1) is 0 Å². The van der Waals surface area contributed by atoms with E-state index in [9.17, 15) is 14.4 Å². The molecular weight excluding hydrogens is 504 g/mol. The van der Waals surface area contributed by atoms with E-state index >= 15 is 0 Å². The van der Waals surface area contributed by atoms with Crippen molar-refractivity contribution in [3.05, 3.63) is 108 Å². The molecule has 0 fully saturated rings. The highest BCUT2D eigenvalue weighted by atomic mass is 35.5. The molecule has 2 aromatic carbocycles. The van der Waals surface area contributed by atoms with Crippen LogP contribution in [0, 0.1) is 0 Å². The number of aromatic nitrogens is 1. The van der Waals surface area contributed by atoms with E-state index in [0.717, 1.165) is 0 Å². The molecule has 0 bridgehead atoms. The lowest BCUT2D eigenvalue weighted by molar-refractivity contribution is -0.139. The summed E-state index contributed by atoms with van der Waals surface area (Å²) in [5.74, 6) is -1.25. The van der Waals surface area contributed by atoms with Crippen LogP contribution in [0.1, 0.15) is 24.1 Å². The fourth-order valence-corrected chi connectivity index (χ4v) is 4.88. The zero-order valence-corrected chi connectivity index (χ0v) is 20.7. The molecule has 0 radical (unpaired) electrons. The zero-order chi connectivity index (χ0) is 25.8. The van der Waals surface area contributed by atoms with E-state index in [1.54, 1.807) is 61.5 Å². The Bertz CT molecular complexity index is 1530. The Morgan fingerprint density at radius 1 is 1.19 bits per heavy atom. The second-order valence-corrected chi connectivity index (χ2v) is 9.22. The highest BCUT2D eigenvalue weighted by Crippen LogP contribution is 2.31. The molecule has 1 aromatic heterocycles. The Morgan fingerprint density at radius 2 is 1.89 bits per heavy atom. The zero-order valence-electron chi connectivity index (χ0n) is 19.1. The van der Waals surface area contributed by atoms with Crippen molar-refractivity contribution in [3.8, 4) is 5.75 Å². The number of carboxylic acid groups (broad SMARTS) is 1. The Morgan fingerprint density at radius 3 is 2.53 bits per heavy atom. The fraction of sp³-hybridized carbons (Fsp3) is 0.154. The third-order valence-corrected chi connectivity index (χ3v) is 6.53. The van der Waals surface area contributed by atoms with Crippen molar-refractivity contribution in [2.24, 2.45) is 4.99 Å². The smallest absolute Gasteiger partial charge is 0.341 e. The molecule has 1 unspecified atom stereocenters. The maximum absolute atomic E-state index is 13.6. The number of hydrogen-bond acceptors (Lipinski definition) is 7. The monoisotopic (exact) mass is 524 g/mol. The number of rotatable bonds is 8. The number of benzene rings is 2. The van der Waals surface area contributed by atoms with Crippen LogP contribution in [0.2, 0.25) is 5.02 Å². The number of hydrogen-bond donors (Lipinski definition) is 1. The van der Waals surface area contributed by atoms with Crippen molar-refractivity contribution >= 4 is 41.0 Å². The van der Waals surface area contributed by atoms with Gasteiger partial charge in [0.15, 0.2) is 11.4 Å². The summed E-state index contributed by atoms with van der Waals surface area (Å²) in [7, 11) is 0. The number of carbonyl (C=O) groups is 2. The summed E-state index contributed by atoms with van der Waals surface area (Å²) in [5, 5.41) is 9.27. The minimum absolute atomic E-state index is 0.0273. The Labute approximate surface area is 214 Å². The molecule has 10 heteroatoms. The van der Waals surface area contributed by atoms with Crippen LogP contribution in [0.5, 0.6) is 5.75 Å². The first-order valence-electron chi connectivity index (χ1n) is 10.8. The predicted molar refractivity (Wildman–Crippen MR) is 136 cm³/mol. The Balaban J connectivity index is 1.80. The van der Waals surface area contributed by atoms with Gasteiger partial charge in [0, 0.05) is 5.02 Å². The average molecular weight is 525 g/mol. The molecular formula is C26H21ClN2O6S. The molecule has 0 saturated heterocycles. The van der Waals surface area contributed by atoms with Gasteiger partial charge in [-0.05, 0) is 48.4 Å². The van der Waals surface area contributed by atoms with E-state index in [1.165, 1.54) is 22.0 Å². The lowest BCUT2D eigenvalue weighted by atomic mass is 9.96. The fourth-order valence-electron chi connectivity index (χ4n) is 3.71. The summed E-state index contributed by atoms with van der Waals surface area (Å²) < 4.78 is 12.4. The quantitative estimate of drug-likeness (QED) is 0.358. The van der Waals surface area contributed by atoms with Gasteiger partial charge in [0.1, 0.15) is 12.4 Å². The van der Waals surface area contributed by atoms with E-state index in [2.05, 4.69) is 11.6 Å². The Hall–Kier alpha value is -3.95. The number of esters is 1. The highest BCUT2D eigenvalue weighted by Gasteiger charge is 2.33. The van der Waals surface area contributed by atoms with E-state index in [-0.39, 0.29) is 17.7 Å². The van der Waals surface area contributed by atoms with Crippen LogP contribution < -0.4 is 19.6 Å². The van der Waals surface area contributed by atoms with Gasteiger partial charge < -0.3 is 14.6 Å². The minimum Gasteiger partial charge on any atom is -0.482 e. The van der Waals surface area contributed by atoms with Crippen molar-refractivity contribution in [3.63, 3.8) is 0 Å². The van der Waals surface area contributed by atoms with Gasteiger partial charge in [0.25, 0.3) is 5.56 Å². The van der Waals surface area contributed by atoms with Crippen LogP contribution in [0.15, 0.2) is 82.2 Å². The number of fused-ring (bicyclic) bond motifs is 1. The number of allylic oxidation sites excluding steroid dienone is 1. The number of ether oxygens (including phenoxy) is 2. The highest BCUT2D eigenvalue weighted by molar-refractivity contribution is 7.07. The molecule has 4 rings (SSSR count). The molecule has 1 aliphatic heterocycles. The molecule has 1 N–H and O–H groups in total. The van der Waals surface area contributed by atoms with Crippen molar-refractivity contribution in [1.82, 2.24) is 4.57 Å². The molecule has 0 spiro atoms. The van der Waals surface area contributed by atoms with Crippen LogP contribution in [0.25, 0.3) is 6.08 Å². The molecule has 2 heterocycles. The normalized spacial score (nSPS) is 15.2. The van der Waals surface area contributed by atoms with Gasteiger partial charge in [0.2, 0.25) is 0 Å². The van der Waals surface area contributed by atoms with Crippen LogP contribution in [0.3, 0.4) is 0 Å². The number of halogens is 1. The maximum atomic E-state index is 13.6. The lowest BCUT2D eigenvalue weighted by Gasteiger charge is -2.24. The van der Waals surface area contributed by atoms with Gasteiger partial charge in [-0.3, -0.25) is 9.36 Å². The second-order valence-electron chi connectivity index (χ2n) is 7.77. The standard InChI is InChI=1S/C26H21ClN2O6S/c1-3-12-34-25(33)22-15(2)28-26-29(23(22)17-6-8-18(27)9-7-17)24(32)20(36-26)13-16-4-10-19(11-5-16)35-14-21(30)31/h3-11,13,23H,1,12,14H2,2H3,(H,30,31)/b20-13-. The summed E-state index contributed by atoms with van der Waals surface area (Å²) >= 11 is 7.28. The first-order valence-corrected chi connectivity index (χ1v) is 12.0. The third kappa shape index (κ3) is 5.32. The largest absolute Gasteiger partial charge is 0.482 e. The molecule has 3 aromatic rings. The van der Waals surface area contributed by atoms with Gasteiger partial charge >= 0.3 is 11.9 Å². The SMILES string of the molecule is C=CCOC(=O)C1=C(C)N=c2s/c(=C\c3ccc(OCC(=O)O)cc3)c(=O)n2C1c1ccc(Cl)cc1. The number of carboxylic acids is 1. The number of carbonyl (C=O) groups excluding carboxylic acids is 1. The maximum Gasteiger partial charge on any atom is 0.341 e. The minimum atomic E-state index is -1.07. The summed E-state index contributed by atoms with van der Waals surface area (Å²) in [6.07, 6.45) is 3.18. The molecule has 8 nitrogen and oxygen atoms in total. The number of aliphatic carboxylic acids is 1. The molecule has 184 valence electrons. The molecule has 36 heavy (non-hydrogen) atoms. The van der Waals surface area contributed by atoms with Crippen molar-refractivity contribution in [2.75, 3.05) is 13.2 Å². The van der Waals surface area contributed by atoms with E-state index in [1.807, 2.05) is 0 Å². The Kier molecular flexibility index (Phi) is 7.52. The summed E-state index contributed by atoms with van der Waals surface area (Å²) in [4.78, 5) is 42.2. The number of nitrogens with zero attached hydrogens (tertiary/aromatic N) is 2. The van der Waals surface area contributed by atoms with Crippen molar-refractivity contribution in [1.29, 1.82) is 0 Å². The van der Waals surface area contributed by atoms with E-state index < -0.39 is 24.6 Å². The summed E-state index contributed by atoms with van der Waals surface area (Å²) in [5.41, 5.74) is 1.81. The van der Waals surface area contributed by atoms with Gasteiger partial charge in [-0.2, -0.15) is 0 Å². The first kappa shape index (κ1) is 25.2. The molecule has 0 aliphatic carbocycles. The topological polar surface area (TPSA) is 107 Å². The van der Waals surface area contributed by atoms with Crippen LogP contribution in [0.4, 0.5) is 0 Å². The summed E-state index contributed by atoms with van der Waals surface area (Å²) in [6, 6.07) is 12.9. The van der Waals surface area contributed by atoms with Gasteiger partial charge in [0.05, 0.1) is 21.8 Å². The van der Waals surface area contributed by atoms with Crippen LogP contribution in [-0.4, -0.2) is 34.8 Å². The molecule has 0 amide bonds. The van der Waals surface area contributed by atoms with Crippen LogP contribution >= 0.6 is 22.9 Å². The van der Waals surface area contributed by atoms with Gasteiger partial charge in [-0.25, -0.2) is 14.6 Å². The van der Waals surface area contributed by atoms with Crippen molar-refractivity contribution < 1.29 is 24.2 Å². The first-order chi connectivity index (χ1) is 17.3. The van der Waals surface area contributed by atoms with Gasteiger partial charge in [-0.1, -0.05) is 59.9 Å². The average Bonchev–Trinajstić information content (AvgIpc) is 3.16. The predicted octanol–water partition coefficient (Wildman–Crippen LogP) is 3.08.